The zero-order valence-electron chi connectivity index (χ0n) is 13.6. The second kappa shape index (κ2) is 7.79. The Morgan fingerprint density at radius 2 is 1.87 bits per heavy atom. The van der Waals surface area contributed by atoms with Crippen LogP contribution in [0.15, 0.2) is 48.5 Å². The van der Waals surface area contributed by atoms with Crippen LogP contribution in [0.5, 0.6) is 5.75 Å². The van der Waals surface area contributed by atoms with Crippen LogP contribution >= 0.6 is 0 Å². The minimum Gasteiger partial charge on any atom is -0.508 e. The molecule has 0 bridgehead atoms. The molecule has 1 unspecified atom stereocenters. The molecular formula is C19H23NO3. The molecule has 2 N–H and O–H groups in total. The van der Waals surface area contributed by atoms with Crippen LogP contribution in [0.2, 0.25) is 0 Å². The van der Waals surface area contributed by atoms with Crippen LogP contribution in [0.1, 0.15) is 29.7 Å². The molecule has 0 fully saturated rings. The Labute approximate surface area is 137 Å². The summed E-state index contributed by atoms with van der Waals surface area (Å²) in [5.74, 6) is 0.0855. The lowest BCUT2D eigenvalue weighted by molar-refractivity contribution is -0.131. The first kappa shape index (κ1) is 17.0. The normalized spacial score (nSPS) is 12.0. The summed E-state index contributed by atoms with van der Waals surface area (Å²) in [6, 6.07) is 14.3. The van der Waals surface area contributed by atoms with Crippen molar-refractivity contribution in [3.05, 3.63) is 65.2 Å². The van der Waals surface area contributed by atoms with Gasteiger partial charge in [-0.25, -0.2) is 0 Å². The number of amides is 1. The number of aliphatic hydroxyl groups is 1. The van der Waals surface area contributed by atoms with Crippen LogP contribution in [0, 0.1) is 6.92 Å². The van der Waals surface area contributed by atoms with E-state index < -0.39 is 6.10 Å². The quantitative estimate of drug-likeness (QED) is 0.862. The van der Waals surface area contributed by atoms with Gasteiger partial charge in [-0.1, -0.05) is 42.0 Å². The van der Waals surface area contributed by atoms with Crippen LogP contribution in [0.3, 0.4) is 0 Å². The molecule has 122 valence electrons. The van der Waals surface area contributed by atoms with Gasteiger partial charge in [0, 0.05) is 6.54 Å². The second-order valence-corrected chi connectivity index (χ2v) is 5.71. The summed E-state index contributed by atoms with van der Waals surface area (Å²) >= 11 is 0. The number of nitrogens with zero attached hydrogens (tertiary/aromatic N) is 1. The SMILES string of the molecule is CCN(CC(O)c1ccc(C)cc1)C(=O)Cc1cccc(O)c1. The van der Waals surface area contributed by atoms with E-state index in [1.165, 1.54) is 0 Å². The summed E-state index contributed by atoms with van der Waals surface area (Å²) in [4.78, 5) is 14.0. The van der Waals surface area contributed by atoms with Crippen LogP contribution in [0.4, 0.5) is 0 Å². The zero-order chi connectivity index (χ0) is 16.8. The molecule has 0 aliphatic rings. The van der Waals surface area contributed by atoms with Gasteiger partial charge in [0.15, 0.2) is 0 Å². The maximum Gasteiger partial charge on any atom is 0.227 e. The van der Waals surface area contributed by atoms with Crippen LogP contribution in [-0.4, -0.2) is 34.1 Å². The maximum absolute atomic E-state index is 12.4. The van der Waals surface area contributed by atoms with E-state index in [2.05, 4.69) is 0 Å². The minimum absolute atomic E-state index is 0.0655. The molecule has 0 heterocycles. The summed E-state index contributed by atoms with van der Waals surface area (Å²) in [5, 5.41) is 19.8. The number of hydrogen-bond donors (Lipinski definition) is 2. The fourth-order valence-electron chi connectivity index (χ4n) is 2.46. The number of aliphatic hydroxyl groups excluding tert-OH is 1. The third-order valence-electron chi connectivity index (χ3n) is 3.86. The zero-order valence-corrected chi connectivity index (χ0v) is 13.6. The van der Waals surface area contributed by atoms with Crippen molar-refractivity contribution in [2.75, 3.05) is 13.1 Å². The van der Waals surface area contributed by atoms with Crippen LogP contribution in [0.25, 0.3) is 0 Å². The first-order valence-electron chi connectivity index (χ1n) is 7.80. The summed E-state index contributed by atoms with van der Waals surface area (Å²) < 4.78 is 0. The van der Waals surface area contributed by atoms with Crippen molar-refractivity contribution in [2.24, 2.45) is 0 Å². The van der Waals surface area contributed by atoms with Gasteiger partial charge in [-0.2, -0.15) is 0 Å². The van der Waals surface area contributed by atoms with Gasteiger partial charge in [0.1, 0.15) is 5.75 Å². The molecule has 0 aliphatic heterocycles. The third kappa shape index (κ3) is 4.83. The van der Waals surface area contributed by atoms with E-state index in [4.69, 9.17) is 0 Å². The van der Waals surface area contributed by atoms with Gasteiger partial charge in [0.25, 0.3) is 0 Å². The predicted molar refractivity (Wildman–Crippen MR) is 90.2 cm³/mol. The lowest BCUT2D eigenvalue weighted by Crippen LogP contribution is -2.35. The van der Waals surface area contributed by atoms with Crippen LogP contribution in [-0.2, 0) is 11.2 Å². The molecule has 0 saturated heterocycles. The largest absolute Gasteiger partial charge is 0.508 e. The van der Waals surface area contributed by atoms with E-state index in [-0.39, 0.29) is 24.6 Å². The van der Waals surface area contributed by atoms with E-state index >= 15 is 0 Å². The van der Waals surface area contributed by atoms with Gasteiger partial charge in [0.05, 0.1) is 19.1 Å². The number of phenols is 1. The topological polar surface area (TPSA) is 60.8 Å². The summed E-state index contributed by atoms with van der Waals surface area (Å²) in [7, 11) is 0. The Morgan fingerprint density at radius 1 is 1.17 bits per heavy atom. The van der Waals surface area contributed by atoms with Crippen molar-refractivity contribution in [2.45, 2.75) is 26.4 Å². The molecule has 2 aromatic carbocycles. The van der Waals surface area contributed by atoms with Crippen molar-refractivity contribution < 1.29 is 15.0 Å². The minimum atomic E-state index is -0.705. The number of hydrogen-bond acceptors (Lipinski definition) is 3. The second-order valence-electron chi connectivity index (χ2n) is 5.71. The van der Waals surface area contributed by atoms with Gasteiger partial charge < -0.3 is 15.1 Å². The molecule has 0 spiro atoms. The molecule has 0 aliphatic carbocycles. The van der Waals surface area contributed by atoms with E-state index in [0.717, 1.165) is 16.7 Å². The Balaban J connectivity index is 2.01. The average Bonchev–Trinajstić information content (AvgIpc) is 2.53. The highest BCUT2D eigenvalue weighted by Crippen LogP contribution is 2.17. The molecule has 1 atom stereocenters. The van der Waals surface area contributed by atoms with Crippen molar-refractivity contribution in [3.63, 3.8) is 0 Å². The maximum atomic E-state index is 12.4. The highest BCUT2D eigenvalue weighted by molar-refractivity contribution is 5.78. The molecular weight excluding hydrogens is 290 g/mol. The molecule has 4 heteroatoms. The molecule has 1 amide bonds. The summed E-state index contributed by atoms with van der Waals surface area (Å²) in [5.41, 5.74) is 2.70. The third-order valence-corrected chi connectivity index (χ3v) is 3.86. The number of carbonyl (C=O) groups is 1. The first-order valence-corrected chi connectivity index (χ1v) is 7.80. The Hall–Kier alpha value is -2.33. The number of likely N-dealkylation sites (N-methyl/N-ethyl adjacent to an activating group) is 1. The molecule has 0 radical (unpaired) electrons. The van der Waals surface area contributed by atoms with Crippen molar-refractivity contribution >= 4 is 5.91 Å². The number of benzene rings is 2. The number of aryl methyl sites for hydroxylation is 1. The van der Waals surface area contributed by atoms with Crippen molar-refractivity contribution in [3.8, 4) is 5.75 Å². The van der Waals surface area contributed by atoms with Gasteiger partial charge in [0.2, 0.25) is 5.91 Å². The Bertz CT molecular complexity index is 652. The number of phenolic OH excluding ortho intramolecular Hbond substituents is 1. The standard InChI is InChI=1S/C19H23NO3/c1-3-20(13-18(22)16-9-7-14(2)8-10-16)19(23)12-15-5-4-6-17(21)11-15/h4-11,18,21-22H,3,12-13H2,1-2H3. The fraction of sp³-hybridized carbons (Fsp3) is 0.316. The summed E-state index contributed by atoms with van der Waals surface area (Å²) in [6.07, 6.45) is -0.494. The van der Waals surface area contributed by atoms with E-state index in [0.29, 0.717) is 6.54 Å². The lowest BCUT2D eigenvalue weighted by Gasteiger charge is -2.24. The highest BCUT2D eigenvalue weighted by Gasteiger charge is 2.17. The number of aromatic hydroxyl groups is 1. The number of rotatable bonds is 6. The molecule has 0 saturated carbocycles. The fourth-order valence-corrected chi connectivity index (χ4v) is 2.46. The van der Waals surface area contributed by atoms with E-state index in [9.17, 15) is 15.0 Å². The van der Waals surface area contributed by atoms with E-state index in [1.807, 2.05) is 44.2 Å². The predicted octanol–water partition coefficient (Wildman–Crippen LogP) is 2.83. The molecule has 0 aromatic heterocycles. The Morgan fingerprint density at radius 3 is 2.48 bits per heavy atom. The van der Waals surface area contributed by atoms with Gasteiger partial charge in [-0.3, -0.25) is 4.79 Å². The van der Waals surface area contributed by atoms with Crippen molar-refractivity contribution in [1.29, 1.82) is 0 Å². The van der Waals surface area contributed by atoms with E-state index in [1.54, 1.807) is 23.1 Å². The van der Waals surface area contributed by atoms with Gasteiger partial charge in [-0.05, 0) is 37.1 Å². The molecule has 2 aromatic rings. The van der Waals surface area contributed by atoms with Gasteiger partial charge in [-0.15, -0.1) is 0 Å². The van der Waals surface area contributed by atoms with Crippen LogP contribution < -0.4 is 0 Å². The van der Waals surface area contributed by atoms with Crippen molar-refractivity contribution in [1.82, 2.24) is 4.90 Å². The highest BCUT2D eigenvalue weighted by atomic mass is 16.3. The molecule has 23 heavy (non-hydrogen) atoms. The monoisotopic (exact) mass is 313 g/mol. The summed E-state index contributed by atoms with van der Waals surface area (Å²) in [6.45, 7) is 4.67. The Kier molecular flexibility index (Phi) is 5.77. The number of carbonyl (C=O) groups excluding carboxylic acids is 1. The molecule has 4 nitrogen and oxygen atoms in total. The lowest BCUT2D eigenvalue weighted by atomic mass is 10.1. The average molecular weight is 313 g/mol. The van der Waals surface area contributed by atoms with Gasteiger partial charge >= 0.3 is 0 Å². The smallest absolute Gasteiger partial charge is 0.227 e. The molecule has 2 rings (SSSR count). The first-order chi connectivity index (χ1) is 11.0.